The molecule has 9 heteroatoms. The minimum absolute atomic E-state index is 0.164. The zero-order valence-corrected chi connectivity index (χ0v) is 19.6. The lowest BCUT2D eigenvalue weighted by Gasteiger charge is -2.40. The molecule has 4 amide bonds. The molecule has 2 fully saturated rings. The fourth-order valence-corrected chi connectivity index (χ4v) is 5.03. The lowest BCUT2D eigenvalue weighted by atomic mass is 9.74. The molecule has 0 bridgehead atoms. The molecule has 0 saturated carbocycles. The molecule has 3 aromatic rings. The zero-order chi connectivity index (χ0) is 24.4. The van der Waals surface area contributed by atoms with E-state index >= 15 is 0 Å². The largest absolute Gasteiger partial charge is 0.426 e. The molecule has 2 saturated heterocycles. The molecule has 0 aliphatic carbocycles. The van der Waals surface area contributed by atoms with Gasteiger partial charge in [-0.05, 0) is 48.6 Å². The first-order chi connectivity index (χ1) is 16.9. The Morgan fingerprint density at radius 1 is 1.03 bits per heavy atom. The van der Waals surface area contributed by atoms with Crippen molar-refractivity contribution in [1.82, 2.24) is 15.5 Å². The van der Waals surface area contributed by atoms with Crippen LogP contribution in [0.25, 0.3) is 0 Å². The zero-order valence-electron chi connectivity index (χ0n) is 18.8. The van der Waals surface area contributed by atoms with Crippen LogP contribution in [0.5, 0.6) is 11.7 Å². The fourth-order valence-electron chi connectivity index (χ4n) is 4.83. The number of piperidine rings is 1. The van der Waals surface area contributed by atoms with Crippen molar-refractivity contribution in [2.45, 2.75) is 24.8 Å². The molecule has 2 N–H and O–H groups in total. The van der Waals surface area contributed by atoms with Crippen molar-refractivity contribution in [1.29, 1.82) is 0 Å². The number of urea groups is 1. The molecule has 5 rings (SSSR count). The molecule has 3 heterocycles. The van der Waals surface area contributed by atoms with E-state index in [4.69, 9.17) is 20.8 Å². The highest BCUT2D eigenvalue weighted by molar-refractivity contribution is 6.31. The third-order valence-corrected chi connectivity index (χ3v) is 7.00. The van der Waals surface area contributed by atoms with Gasteiger partial charge in [0, 0.05) is 30.6 Å². The molecule has 0 spiro atoms. The first kappa shape index (κ1) is 23.0. The molecule has 8 nitrogen and oxygen atoms in total. The fraction of sp³-hybridized carbons (Fsp3) is 0.269. The molecule has 2 aliphatic heterocycles. The van der Waals surface area contributed by atoms with Crippen LogP contribution in [0.15, 0.2) is 71.1 Å². The molecule has 1 atom stereocenters. The summed E-state index contributed by atoms with van der Waals surface area (Å²) in [6.07, 6.45) is 1.36. The van der Waals surface area contributed by atoms with Crippen molar-refractivity contribution in [3.8, 4) is 11.7 Å². The van der Waals surface area contributed by atoms with Gasteiger partial charge >= 0.3 is 6.03 Å². The van der Waals surface area contributed by atoms with Crippen molar-refractivity contribution in [2.24, 2.45) is 5.92 Å². The number of carbonyl (C=O) groups excluding carboxylic acids is 3. The van der Waals surface area contributed by atoms with Crippen LogP contribution in [0.3, 0.4) is 0 Å². The van der Waals surface area contributed by atoms with Gasteiger partial charge in [-0.3, -0.25) is 14.9 Å². The summed E-state index contributed by atoms with van der Waals surface area (Å²) >= 11 is 6.36. The third kappa shape index (κ3) is 4.61. The monoisotopic (exact) mass is 493 g/mol. The van der Waals surface area contributed by atoms with Gasteiger partial charge in [-0.25, -0.2) is 4.79 Å². The van der Waals surface area contributed by atoms with Crippen LogP contribution >= 0.6 is 11.6 Å². The van der Waals surface area contributed by atoms with Crippen LogP contribution in [-0.4, -0.2) is 41.4 Å². The van der Waals surface area contributed by atoms with E-state index in [2.05, 4.69) is 10.6 Å². The van der Waals surface area contributed by atoms with Crippen molar-refractivity contribution >= 4 is 29.4 Å². The minimum atomic E-state index is -1.11. The van der Waals surface area contributed by atoms with Crippen LogP contribution < -0.4 is 15.4 Å². The second-order valence-corrected chi connectivity index (χ2v) is 9.16. The summed E-state index contributed by atoms with van der Waals surface area (Å²) in [4.78, 5) is 39.8. The second-order valence-electron chi connectivity index (χ2n) is 8.75. The highest BCUT2D eigenvalue weighted by Crippen LogP contribution is 2.36. The van der Waals surface area contributed by atoms with E-state index in [0.717, 1.165) is 5.56 Å². The number of benzene rings is 2. The molecule has 180 valence electrons. The van der Waals surface area contributed by atoms with E-state index in [1.807, 2.05) is 36.4 Å². The standard InChI is InChI=1S/C26H24ClN3O5/c27-20-9-5-4-6-17(20)16-26(24(32)28-25(33)29-26)18-12-14-30(15-13-18)23(31)21-10-11-22(35-21)34-19-7-2-1-3-8-19/h1-11,18H,12-16H2,(H2,28,29,32,33). The summed E-state index contributed by atoms with van der Waals surface area (Å²) < 4.78 is 11.3. The number of hydrogen-bond acceptors (Lipinski definition) is 5. The molecule has 1 unspecified atom stereocenters. The molecular formula is C26H24ClN3O5. The Hall–Kier alpha value is -3.78. The molecule has 2 aromatic carbocycles. The number of amides is 4. The van der Waals surface area contributed by atoms with E-state index in [1.54, 1.807) is 35.2 Å². The Bertz CT molecular complexity index is 1250. The van der Waals surface area contributed by atoms with E-state index in [9.17, 15) is 14.4 Å². The lowest BCUT2D eigenvalue weighted by Crippen LogP contribution is -2.58. The van der Waals surface area contributed by atoms with Crippen LogP contribution in [0, 0.1) is 5.92 Å². The van der Waals surface area contributed by atoms with Gasteiger partial charge in [0.2, 0.25) is 0 Å². The van der Waals surface area contributed by atoms with Crippen LogP contribution in [0.1, 0.15) is 29.0 Å². The highest BCUT2D eigenvalue weighted by Gasteiger charge is 2.52. The Kier molecular flexibility index (Phi) is 6.21. The van der Waals surface area contributed by atoms with E-state index in [-0.39, 0.29) is 35.9 Å². The number of nitrogens with one attached hydrogen (secondary N) is 2. The predicted octanol–water partition coefficient (Wildman–Crippen LogP) is 4.40. The number of imide groups is 1. The average molecular weight is 494 g/mol. The Balaban J connectivity index is 1.27. The number of carbonyl (C=O) groups is 3. The lowest BCUT2D eigenvalue weighted by molar-refractivity contribution is -0.126. The van der Waals surface area contributed by atoms with Crippen molar-refractivity contribution < 1.29 is 23.5 Å². The number of furan rings is 1. The van der Waals surface area contributed by atoms with E-state index in [0.29, 0.717) is 36.7 Å². The van der Waals surface area contributed by atoms with Gasteiger partial charge in [-0.1, -0.05) is 48.0 Å². The molecule has 1 aromatic heterocycles. The van der Waals surface area contributed by atoms with Crippen LogP contribution in [0.2, 0.25) is 5.02 Å². The molecular weight excluding hydrogens is 470 g/mol. The minimum Gasteiger partial charge on any atom is -0.426 e. The topological polar surface area (TPSA) is 101 Å². The first-order valence-electron chi connectivity index (χ1n) is 11.4. The van der Waals surface area contributed by atoms with Crippen LogP contribution in [0.4, 0.5) is 4.79 Å². The quantitative estimate of drug-likeness (QED) is 0.496. The normalized spacial score (nSPS) is 20.4. The maximum absolute atomic E-state index is 13.0. The van der Waals surface area contributed by atoms with Crippen molar-refractivity contribution in [3.63, 3.8) is 0 Å². The summed E-state index contributed by atoms with van der Waals surface area (Å²) in [6, 6.07) is 19.2. The van der Waals surface area contributed by atoms with Gasteiger partial charge in [0.15, 0.2) is 5.76 Å². The maximum atomic E-state index is 13.0. The first-order valence-corrected chi connectivity index (χ1v) is 11.8. The summed E-state index contributed by atoms with van der Waals surface area (Å²) in [5.74, 6) is 0.267. The van der Waals surface area contributed by atoms with E-state index in [1.165, 1.54) is 0 Å². The molecule has 0 radical (unpaired) electrons. The summed E-state index contributed by atoms with van der Waals surface area (Å²) in [6.45, 7) is 0.846. The number of ether oxygens (including phenoxy) is 1. The average Bonchev–Trinajstić information content (AvgIpc) is 3.44. The number of halogens is 1. The predicted molar refractivity (Wildman–Crippen MR) is 128 cm³/mol. The summed E-state index contributed by atoms with van der Waals surface area (Å²) in [5, 5.41) is 5.80. The van der Waals surface area contributed by atoms with Gasteiger partial charge in [-0.2, -0.15) is 0 Å². The third-order valence-electron chi connectivity index (χ3n) is 6.63. The Morgan fingerprint density at radius 2 is 1.74 bits per heavy atom. The van der Waals surface area contributed by atoms with Gasteiger partial charge in [0.05, 0.1) is 0 Å². The van der Waals surface area contributed by atoms with Gasteiger partial charge in [-0.15, -0.1) is 0 Å². The summed E-state index contributed by atoms with van der Waals surface area (Å²) in [5.41, 5.74) is -0.329. The molecule has 2 aliphatic rings. The van der Waals surface area contributed by atoms with E-state index < -0.39 is 11.6 Å². The summed E-state index contributed by atoms with van der Waals surface area (Å²) in [7, 11) is 0. The number of rotatable bonds is 6. The number of hydrogen-bond donors (Lipinski definition) is 2. The van der Waals surface area contributed by atoms with Gasteiger partial charge in [0.25, 0.3) is 17.8 Å². The smallest absolute Gasteiger partial charge is 0.322 e. The molecule has 35 heavy (non-hydrogen) atoms. The maximum Gasteiger partial charge on any atom is 0.322 e. The number of nitrogens with zero attached hydrogens (tertiary/aromatic N) is 1. The van der Waals surface area contributed by atoms with Crippen molar-refractivity contribution in [3.05, 3.63) is 83.1 Å². The van der Waals surface area contributed by atoms with Crippen molar-refractivity contribution in [2.75, 3.05) is 13.1 Å². The van der Waals surface area contributed by atoms with Gasteiger partial charge < -0.3 is 19.4 Å². The Morgan fingerprint density at radius 3 is 2.43 bits per heavy atom. The number of para-hydroxylation sites is 1. The number of likely N-dealkylation sites (tertiary alicyclic amines) is 1. The second kappa shape index (κ2) is 9.46. The van der Waals surface area contributed by atoms with Crippen LogP contribution in [-0.2, 0) is 11.2 Å². The highest BCUT2D eigenvalue weighted by atomic mass is 35.5. The van der Waals surface area contributed by atoms with Gasteiger partial charge in [0.1, 0.15) is 11.3 Å². The SMILES string of the molecule is O=C1NC(=O)C(Cc2ccccc2Cl)(C2CCN(C(=O)c3ccc(Oc4ccccc4)o3)CC2)N1. The Labute approximate surface area is 207 Å².